The molecule has 0 bridgehead atoms. The minimum Gasteiger partial charge on any atom is -0.490 e. The van der Waals surface area contributed by atoms with E-state index in [4.69, 9.17) is 9.47 Å². The molecule has 0 aliphatic rings. The Bertz CT molecular complexity index is 418. The quantitative estimate of drug-likeness (QED) is 0.824. The summed E-state index contributed by atoms with van der Waals surface area (Å²) < 4.78 is 11.0. The van der Waals surface area contributed by atoms with Crippen molar-refractivity contribution in [1.29, 1.82) is 0 Å². The van der Waals surface area contributed by atoms with Crippen LogP contribution in [0.5, 0.6) is 11.5 Å². The Morgan fingerprint density at radius 2 is 1.79 bits per heavy atom. The van der Waals surface area contributed by atoms with Crippen LogP contribution in [0.15, 0.2) is 18.2 Å². The second-order valence-corrected chi connectivity index (χ2v) is 4.31. The molecule has 19 heavy (non-hydrogen) atoms. The van der Waals surface area contributed by atoms with Crippen molar-refractivity contribution in [1.82, 2.24) is 5.32 Å². The second-order valence-electron chi connectivity index (χ2n) is 4.31. The van der Waals surface area contributed by atoms with Crippen LogP contribution < -0.4 is 14.8 Å². The Morgan fingerprint density at radius 3 is 2.37 bits per heavy atom. The number of ether oxygens (including phenoxy) is 2. The van der Waals surface area contributed by atoms with Gasteiger partial charge < -0.3 is 14.8 Å². The summed E-state index contributed by atoms with van der Waals surface area (Å²) >= 11 is 0. The summed E-state index contributed by atoms with van der Waals surface area (Å²) in [7, 11) is 0. The number of benzene rings is 1. The van der Waals surface area contributed by atoms with E-state index in [-0.39, 0.29) is 11.9 Å². The maximum absolute atomic E-state index is 12.0. The van der Waals surface area contributed by atoms with E-state index in [1.165, 1.54) is 0 Å². The van der Waals surface area contributed by atoms with Crippen molar-refractivity contribution in [3.63, 3.8) is 0 Å². The van der Waals surface area contributed by atoms with E-state index < -0.39 is 0 Å². The third-order valence-corrected chi connectivity index (χ3v) is 2.80. The molecule has 1 atom stereocenters. The number of hydrogen-bond donors (Lipinski definition) is 1. The molecule has 1 unspecified atom stereocenters. The van der Waals surface area contributed by atoms with Crippen LogP contribution in [0.1, 0.15) is 44.5 Å². The van der Waals surface area contributed by atoms with Crippen molar-refractivity contribution in [3.8, 4) is 11.5 Å². The number of nitrogens with one attached hydrogen (secondary N) is 1. The van der Waals surface area contributed by atoms with Crippen LogP contribution in [-0.2, 0) is 0 Å². The summed E-state index contributed by atoms with van der Waals surface area (Å²) in [5.41, 5.74) is 0.590. The van der Waals surface area contributed by atoms with Gasteiger partial charge in [0.15, 0.2) is 11.5 Å². The molecule has 4 heteroatoms. The third kappa shape index (κ3) is 4.47. The fourth-order valence-electron chi connectivity index (χ4n) is 1.60. The lowest BCUT2D eigenvalue weighted by Crippen LogP contribution is -2.31. The highest BCUT2D eigenvalue weighted by Gasteiger charge is 2.12. The van der Waals surface area contributed by atoms with Crippen molar-refractivity contribution in [3.05, 3.63) is 23.8 Å². The molecule has 1 aromatic rings. The Hall–Kier alpha value is -1.71. The molecule has 0 aliphatic carbocycles. The highest BCUT2D eigenvalue weighted by atomic mass is 16.5. The van der Waals surface area contributed by atoms with Crippen LogP contribution >= 0.6 is 0 Å². The van der Waals surface area contributed by atoms with Crippen molar-refractivity contribution >= 4 is 5.91 Å². The summed E-state index contributed by atoms with van der Waals surface area (Å²) in [4.78, 5) is 12.0. The molecule has 0 spiro atoms. The molecular formula is C15H23NO3. The minimum absolute atomic E-state index is 0.0849. The lowest BCUT2D eigenvalue weighted by molar-refractivity contribution is 0.0938. The van der Waals surface area contributed by atoms with Gasteiger partial charge in [0, 0.05) is 11.6 Å². The van der Waals surface area contributed by atoms with Gasteiger partial charge in [-0.25, -0.2) is 0 Å². The van der Waals surface area contributed by atoms with Gasteiger partial charge in [-0.1, -0.05) is 6.92 Å². The number of hydrogen-bond acceptors (Lipinski definition) is 3. The van der Waals surface area contributed by atoms with Crippen LogP contribution in [0.25, 0.3) is 0 Å². The average Bonchev–Trinajstić information content (AvgIpc) is 2.41. The fourth-order valence-corrected chi connectivity index (χ4v) is 1.60. The van der Waals surface area contributed by atoms with Gasteiger partial charge in [-0.05, 0) is 45.4 Å². The first-order chi connectivity index (χ1) is 9.12. The van der Waals surface area contributed by atoms with Gasteiger partial charge in [0.05, 0.1) is 13.2 Å². The highest BCUT2D eigenvalue weighted by Crippen LogP contribution is 2.28. The van der Waals surface area contributed by atoms with Gasteiger partial charge in [0.1, 0.15) is 0 Å². The maximum Gasteiger partial charge on any atom is 0.251 e. The first kappa shape index (κ1) is 15.3. The normalized spacial score (nSPS) is 11.8. The smallest absolute Gasteiger partial charge is 0.251 e. The van der Waals surface area contributed by atoms with E-state index >= 15 is 0 Å². The molecule has 0 heterocycles. The van der Waals surface area contributed by atoms with E-state index in [1.54, 1.807) is 18.2 Å². The molecule has 1 aromatic carbocycles. The molecule has 4 nitrogen and oxygen atoms in total. The van der Waals surface area contributed by atoms with Crippen molar-refractivity contribution in [2.45, 2.75) is 40.2 Å². The number of carbonyl (C=O) groups excluding carboxylic acids is 1. The Morgan fingerprint density at radius 1 is 1.16 bits per heavy atom. The van der Waals surface area contributed by atoms with Gasteiger partial charge in [0.25, 0.3) is 5.91 Å². The summed E-state index contributed by atoms with van der Waals surface area (Å²) in [6.45, 7) is 8.95. The van der Waals surface area contributed by atoms with Crippen LogP contribution in [0.3, 0.4) is 0 Å². The topological polar surface area (TPSA) is 47.6 Å². The summed E-state index contributed by atoms with van der Waals surface area (Å²) in [6, 6.07) is 5.42. The van der Waals surface area contributed by atoms with E-state index in [1.807, 2.05) is 27.7 Å². The molecular weight excluding hydrogens is 242 g/mol. The monoisotopic (exact) mass is 265 g/mol. The number of carbonyl (C=O) groups is 1. The molecule has 0 radical (unpaired) electrons. The Balaban J connectivity index is 2.90. The predicted molar refractivity (Wildman–Crippen MR) is 76.0 cm³/mol. The number of rotatable bonds is 7. The van der Waals surface area contributed by atoms with Gasteiger partial charge in [-0.2, -0.15) is 0 Å². The molecule has 0 saturated carbocycles. The zero-order valence-corrected chi connectivity index (χ0v) is 12.2. The predicted octanol–water partition coefficient (Wildman–Crippen LogP) is 3.01. The summed E-state index contributed by atoms with van der Waals surface area (Å²) in [6.07, 6.45) is 0.904. The molecule has 106 valence electrons. The zero-order chi connectivity index (χ0) is 14.3. The van der Waals surface area contributed by atoms with E-state index in [9.17, 15) is 4.79 Å². The maximum atomic E-state index is 12.0. The number of amides is 1. The molecule has 0 aliphatic heterocycles. The fraction of sp³-hybridized carbons (Fsp3) is 0.533. The van der Waals surface area contributed by atoms with E-state index in [2.05, 4.69) is 5.32 Å². The van der Waals surface area contributed by atoms with E-state index in [0.29, 0.717) is 30.3 Å². The van der Waals surface area contributed by atoms with Crippen LogP contribution in [0.4, 0.5) is 0 Å². The molecule has 0 fully saturated rings. The van der Waals surface area contributed by atoms with Crippen molar-refractivity contribution in [2.75, 3.05) is 13.2 Å². The van der Waals surface area contributed by atoms with Gasteiger partial charge in [0.2, 0.25) is 0 Å². The molecule has 0 saturated heterocycles. The van der Waals surface area contributed by atoms with Gasteiger partial charge >= 0.3 is 0 Å². The van der Waals surface area contributed by atoms with E-state index in [0.717, 1.165) is 6.42 Å². The average molecular weight is 265 g/mol. The first-order valence-corrected chi connectivity index (χ1v) is 6.82. The molecule has 0 aromatic heterocycles. The third-order valence-electron chi connectivity index (χ3n) is 2.80. The minimum atomic E-state index is -0.0849. The highest BCUT2D eigenvalue weighted by molar-refractivity contribution is 5.95. The lowest BCUT2D eigenvalue weighted by atomic mass is 10.1. The van der Waals surface area contributed by atoms with Crippen LogP contribution in [-0.4, -0.2) is 25.2 Å². The zero-order valence-electron chi connectivity index (χ0n) is 12.2. The lowest BCUT2D eigenvalue weighted by Gasteiger charge is -2.14. The van der Waals surface area contributed by atoms with Gasteiger partial charge in [-0.3, -0.25) is 4.79 Å². The van der Waals surface area contributed by atoms with Gasteiger partial charge in [-0.15, -0.1) is 0 Å². The summed E-state index contributed by atoms with van der Waals surface area (Å²) in [5, 5.41) is 2.93. The molecule has 1 rings (SSSR count). The van der Waals surface area contributed by atoms with Crippen molar-refractivity contribution in [2.24, 2.45) is 0 Å². The van der Waals surface area contributed by atoms with Crippen LogP contribution in [0, 0.1) is 0 Å². The standard InChI is InChI=1S/C15H23NO3/c1-5-11(4)16-15(17)12-8-9-13(18-6-2)14(10-12)19-7-3/h8-11H,5-7H2,1-4H3,(H,16,17). The first-order valence-electron chi connectivity index (χ1n) is 6.82. The van der Waals surface area contributed by atoms with Crippen LogP contribution in [0.2, 0.25) is 0 Å². The van der Waals surface area contributed by atoms with Crippen molar-refractivity contribution < 1.29 is 14.3 Å². The molecule has 1 N–H and O–H groups in total. The second kappa shape index (κ2) is 7.67. The Kier molecular flexibility index (Phi) is 6.19. The molecule has 1 amide bonds. The Labute approximate surface area is 115 Å². The summed E-state index contributed by atoms with van der Waals surface area (Å²) in [5.74, 6) is 1.20. The SMILES string of the molecule is CCOc1ccc(C(=O)NC(C)CC)cc1OCC. The largest absolute Gasteiger partial charge is 0.490 e.